The van der Waals surface area contributed by atoms with Gasteiger partial charge in [-0.1, -0.05) is 6.07 Å². The van der Waals surface area contributed by atoms with Crippen molar-refractivity contribution in [3.05, 3.63) is 28.0 Å². The first-order valence-corrected chi connectivity index (χ1v) is 9.04. The first-order valence-electron chi connectivity index (χ1n) is 8.24. The van der Waals surface area contributed by atoms with Crippen molar-refractivity contribution >= 4 is 27.8 Å². The second-order valence-corrected chi connectivity index (χ2v) is 8.18. The fraction of sp³-hybridized carbons (Fsp3) is 0.611. The van der Waals surface area contributed by atoms with Gasteiger partial charge in [0.1, 0.15) is 10.2 Å². The summed E-state index contributed by atoms with van der Waals surface area (Å²) >= 11 is 3.34. The van der Waals surface area contributed by atoms with Gasteiger partial charge in [0.25, 0.3) is 0 Å². The van der Waals surface area contributed by atoms with Crippen LogP contribution in [0.1, 0.15) is 51.8 Å². The fourth-order valence-electron chi connectivity index (χ4n) is 2.93. The molecule has 0 unspecified atom stereocenters. The van der Waals surface area contributed by atoms with Crippen LogP contribution in [0.5, 0.6) is 0 Å². The highest BCUT2D eigenvalue weighted by molar-refractivity contribution is 9.10. The molecule has 1 fully saturated rings. The summed E-state index contributed by atoms with van der Waals surface area (Å²) in [6.07, 6.45) is 1.29. The molecule has 1 amide bonds. The van der Waals surface area contributed by atoms with Crippen LogP contribution in [0.25, 0.3) is 0 Å². The van der Waals surface area contributed by atoms with Gasteiger partial charge >= 0.3 is 6.09 Å². The maximum Gasteiger partial charge on any atom is 0.411 e. The molecular formula is C18H25BrN2O3. The summed E-state index contributed by atoms with van der Waals surface area (Å²) in [6, 6.07) is 3.36. The lowest BCUT2D eigenvalue weighted by Crippen LogP contribution is -2.46. The van der Waals surface area contributed by atoms with E-state index in [1.165, 1.54) is 0 Å². The molecule has 2 atom stereocenters. The molecule has 5 nitrogen and oxygen atoms in total. The normalized spacial score (nSPS) is 21.0. The van der Waals surface area contributed by atoms with Crippen molar-refractivity contribution < 1.29 is 14.3 Å². The first kappa shape index (κ1) is 18.9. The highest BCUT2D eigenvalue weighted by atomic mass is 79.9. The predicted octanol–water partition coefficient (Wildman–Crippen LogP) is 4.05. The number of amides is 1. The average molecular weight is 397 g/mol. The molecule has 0 N–H and O–H groups in total. The van der Waals surface area contributed by atoms with Crippen molar-refractivity contribution in [2.45, 2.75) is 71.6 Å². The van der Waals surface area contributed by atoms with Crippen LogP contribution in [0.3, 0.4) is 0 Å². The van der Waals surface area contributed by atoms with Crippen LogP contribution in [0.4, 0.5) is 4.79 Å². The number of likely N-dealkylation sites (tertiary alicyclic amines) is 1. The van der Waals surface area contributed by atoms with Crippen LogP contribution in [-0.2, 0) is 16.0 Å². The molecule has 1 aliphatic rings. The summed E-state index contributed by atoms with van der Waals surface area (Å²) in [6.45, 7) is 9.39. The van der Waals surface area contributed by atoms with Gasteiger partial charge in [-0.15, -0.1) is 0 Å². The molecule has 1 aliphatic heterocycles. The summed E-state index contributed by atoms with van der Waals surface area (Å²) < 4.78 is 6.19. The number of pyridine rings is 1. The van der Waals surface area contributed by atoms with Crippen LogP contribution >= 0.6 is 15.9 Å². The Morgan fingerprint density at radius 3 is 2.62 bits per heavy atom. The van der Waals surface area contributed by atoms with Gasteiger partial charge in [-0.05, 0) is 75.0 Å². The number of aryl methyl sites for hydroxylation is 1. The van der Waals surface area contributed by atoms with E-state index in [0.717, 1.165) is 17.7 Å². The van der Waals surface area contributed by atoms with Crippen LogP contribution in [0, 0.1) is 6.92 Å². The van der Waals surface area contributed by atoms with E-state index in [1.54, 1.807) is 4.90 Å². The van der Waals surface area contributed by atoms with Crippen molar-refractivity contribution in [3.63, 3.8) is 0 Å². The van der Waals surface area contributed by atoms with Gasteiger partial charge in [-0.3, -0.25) is 9.69 Å². The summed E-state index contributed by atoms with van der Waals surface area (Å²) in [7, 11) is 0. The Hall–Kier alpha value is -1.43. The monoisotopic (exact) mass is 396 g/mol. The van der Waals surface area contributed by atoms with Gasteiger partial charge in [-0.2, -0.15) is 0 Å². The number of aromatic nitrogens is 1. The number of rotatable bonds is 3. The van der Waals surface area contributed by atoms with E-state index in [-0.39, 0.29) is 18.2 Å². The molecule has 0 radical (unpaired) electrons. The lowest BCUT2D eigenvalue weighted by Gasteiger charge is -2.30. The predicted molar refractivity (Wildman–Crippen MR) is 95.9 cm³/mol. The minimum absolute atomic E-state index is 0.00497. The van der Waals surface area contributed by atoms with Gasteiger partial charge in [0.15, 0.2) is 5.78 Å². The Kier molecular flexibility index (Phi) is 5.68. The molecule has 0 bridgehead atoms. The maximum atomic E-state index is 12.8. The van der Waals surface area contributed by atoms with Gasteiger partial charge in [0.05, 0.1) is 18.2 Å². The Morgan fingerprint density at radius 2 is 2.00 bits per heavy atom. The van der Waals surface area contributed by atoms with Crippen LogP contribution in [0.2, 0.25) is 0 Å². The van der Waals surface area contributed by atoms with E-state index >= 15 is 0 Å². The number of hydrogen-bond donors (Lipinski definition) is 0. The lowest BCUT2D eigenvalue weighted by molar-refractivity contribution is -0.123. The minimum atomic E-state index is -0.574. The summed E-state index contributed by atoms with van der Waals surface area (Å²) in [5.74, 6) is 0.0129. The first-order chi connectivity index (χ1) is 11.1. The SMILES string of the molecule is Cc1ccc(Br)nc1CC(=O)[C@@H]1CC[C@@H](C)N1C(=O)OC(C)(C)C. The summed E-state index contributed by atoms with van der Waals surface area (Å²) in [5.41, 5.74) is 1.15. The molecule has 1 aromatic heterocycles. The molecule has 2 heterocycles. The van der Waals surface area contributed by atoms with E-state index in [1.807, 2.05) is 46.8 Å². The number of ketones is 1. The van der Waals surface area contributed by atoms with Gasteiger partial charge in [0.2, 0.25) is 0 Å². The van der Waals surface area contributed by atoms with Crippen molar-refractivity contribution in [2.75, 3.05) is 0 Å². The Labute approximate surface area is 151 Å². The standard InChI is InChI=1S/C18H25BrN2O3/c1-11-6-9-16(19)20-13(11)10-15(22)14-8-7-12(2)21(14)17(23)24-18(3,4)5/h6,9,12,14H,7-8,10H2,1-5H3/t12-,14+/m1/s1. The number of carbonyl (C=O) groups excluding carboxylic acids is 2. The average Bonchev–Trinajstić information content (AvgIpc) is 2.83. The smallest absolute Gasteiger partial charge is 0.411 e. The number of Topliss-reactive ketones (excluding diaryl/α,β-unsaturated/α-hetero) is 1. The van der Waals surface area contributed by atoms with Crippen molar-refractivity contribution in [1.82, 2.24) is 9.88 Å². The third kappa shape index (κ3) is 4.56. The third-order valence-corrected chi connectivity index (χ3v) is 4.60. The fourth-order valence-corrected chi connectivity index (χ4v) is 3.27. The molecule has 0 aliphatic carbocycles. The summed E-state index contributed by atoms with van der Waals surface area (Å²) in [4.78, 5) is 31.3. The highest BCUT2D eigenvalue weighted by Crippen LogP contribution is 2.28. The molecule has 1 saturated heterocycles. The van der Waals surface area contributed by atoms with Crippen molar-refractivity contribution in [3.8, 4) is 0 Å². The van der Waals surface area contributed by atoms with E-state index < -0.39 is 17.7 Å². The lowest BCUT2D eigenvalue weighted by atomic mass is 10.0. The molecule has 24 heavy (non-hydrogen) atoms. The van der Waals surface area contributed by atoms with E-state index in [4.69, 9.17) is 4.74 Å². The molecule has 1 aromatic rings. The molecular weight excluding hydrogens is 372 g/mol. The zero-order valence-corrected chi connectivity index (χ0v) is 16.5. The second kappa shape index (κ2) is 7.21. The number of halogens is 1. The van der Waals surface area contributed by atoms with E-state index in [2.05, 4.69) is 20.9 Å². The van der Waals surface area contributed by atoms with Crippen LogP contribution < -0.4 is 0 Å². The Morgan fingerprint density at radius 1 is 1.33 bits per heavy atom. The van der Waals surface area contributed by atoms with Crippen molar-refractivity contribution in [1.29, 1.82) is 0 Å². The maximum absolute atomic E-state index is 12.8. The number of carbonyl (C=O) groups is 2. The van der Waals surface area contributed by atoms with Gasteiger partial charge in [0, 0.05) is 6.04 Å². The van der Waals surface area contributed by atoms with Crippen molar-refractivity contribution in [2.24, 2.45) is 0 Å². The number of ether oxygens (including phenoxy) is 1. The van der Waals surface area contributed by atoms with Gasteiger partial charge in [-0.25, -0.2) is 9.78 Å². The zero-order valence-electron chi connectivity index (χ0n) is 14.9. The number of hydrogen-bond acceptors (Lipinski definition) is 4. The molecule has 0 aromatic carbocycles. The van der Waals surface area contributed by atoms with Crippen LogP contribution in [0.15, 0.2) is 16.7 Å². The number of nitrogens with zero attached hydrogens (tertiary/aromatic N) is 2. The Balaban J connectivity index is 2.15. The zero-order chi connectivity index (χ0) is 18.1. The molecule has 6 heteroatoms. The highest BCUT2D eigenvalue weighted by Gasteiger charge is 2.40. The van der Waals surface area contributed by atoms with Gasteiger partial charge < -0.3 is 4.74 Å². The van der Waals surface area contributed by atoms with E-state index in [0.29, 0.717) is 11.0 Å². The topological polar surface area (TPSA) is 59.5 Å². The molecule has 2 rings (SSSR count). The minimum Gasteiger partial charge on any atom is -0.444 e. The second-order valence-electron chi connectivity index (χ2n) is 7.37. The third-order valence-electron chi connectivity index (χ3n) is 4.15. The molecule has 0 saturated carbocycles. The van der Waals surface area contributed by atoms with E-state index in [9.17, 15) is 9.59 Å². The largest absolute Gasteiger partial charge is 0.444 e. The van der Waals surface area contributed by atoms with Crippen LogP contribution in [-0.4, -0.2) is 39.4 Å². The summed E-state index contributed by atoms with van der Waals surface area (Å²) in [5, 5.41) is 0. The molecule has 0 spiro atoms. The Bertz CT molecular complexity index is 640. The quantitative estimate of drug-likeness (QED) is 0.722. The molecule has 132 valence electrons.